The maximum Gasteiger partial charge on any atom is 0.225 e. The molecule has 0 spiro atoms. The van der Waals surface area contributed by atoms with Crippen molar-refractivity contribution in [2.45, 2.75) is 19.9 Å². The summed E-state index contributed by atoms with van der Waals surface area (Å²) in [4.78, 5) is 15.9. The normalized spacial score (nSPS) is 10.4. The lowest BCUT2D eigenvalue weighted by molar-refractivity contribution is -0.116. The van der Waals surface area contributed by atoms with Crippen LogP contribution in [-0.4, -0.2) is 17.4 Å². The summed E-state index contributed by atoms with van der Waals surface area (Å²) in [6, 6.07) is 9.76. The van der Waals surface area contributed by atoms with E-state index < -0.39 is 0 Å². The van der Waals surface area contributed by atoms with Crippen molar-refractivity contribution in [2.75, 3.05) is 11.9 Å². The van der Waals surface area contributed by atoms with Gasteiger partial charge in [0.05, 0.1) is 5.69 Å². The van der Waals surface area contributed by atoms with Gasteiger partial charge in [-0.15, -0.1) is 0 Å². The fourth-order valence-electron chi connectivity index (χ4n) is 1.87. The molecule has 110 valence electrons. The molecule has 1 amide bonds. The molecule has 1 heterocycles. The summed E-state index contributed by atoms with van der Waals surface area (Å²) in [7, 11) is 0. The lowest BCUT2D eigenvalue weighted by atomic mass is 10.2. The number of hydrogen-bond acceptors (Lipinski definition) is 3. The zero-order valence-electron chi connectivity index (χ0n) is 11.9. The Hall–Kier alpha value is -1.72. The van der Waals surface area contributed by atoms with E-state index in [0.29, 0.717) is 13.0 Å². The van der Waals surface area contributed by atoms with Crippen LogP contribution in [-0.2, 0) is 11.3 Å². The summed E-state index contributed by atoms with van der Waals surface area (Å²) in [6.45, 7) is 3.36. The van der Waals surface area contributed by atoms with Crippen LogP contribution in [0.2, 0.25) is 0 Å². The number of pyridine rings is 1. The third-order valence-electron chi connectivity index (χ3n) is 2.98. The van der Waals surface area contributed by atoms with Crippen LogP contribution in [0.5, 0.6) is 0 Å². The zero-order valence-corrected chi connectivity index (χ0v) is 13.5. The molecule has 0 atom stereocenters. The molecule has 2 rings (SSSR count). The van der Waals surface area contributed by atoms with Crippen LogP contribution in [0.25, 0.3) is 0 Å². The molecular formula is C16H18BrN3O. The van der Waals surface area contributed by atoms with Gasteiger partial charge in [-0.1, -0.05) is 12.1 Å². The van der Waals surface area contributed by atoms with E-state index in [1.807, 2.05) is 43.5 Å². The lowest BCUT2D eigenvalue weighted by Gasteiger charge is -2.09. The summed E-state index contributed by atoms with van der Waals surface area (Å²) in [5, 5.41) is 6.13. The van der Waals surface area contributed by atoms with E-state index in [4.69, 9.17) is 0 Å². The number of amides is 1. The van der Waals surface area contributed by atoms with Crippen molar-refractivity contribution in [3.63, 3.8) is 0 Å². The maximum atomic E-state index is 11.9. The van der Waals surface area contributed by atoms with Crippen molar-refractivity contribution in [1.82, 2.24) is 10.3 Å². The van der Waals surface area contributed by atoms with Gasteiger partial charge in [0.1, 0.15) is 0 Å². The largest absolute Gasteiger partial charge is 0.325 e. The first-order valence-corrected chi connectivity index (χ1v) is 7.60. The van der Waals surface area contributed by atoms with Gasteiger partial charge >= 0.3 is 0 Å². The molecule has 1 aromatic heterocycles. The van der Waals surface area contributed by atoms with E-state index in [1.54, 1.807) is 6.20 Å². The van der Waals surface area contributed by atoms with Gasteiger partial charge in [0.15, 0.2) is 0 Å². The Bertz CT molecular complexity index is 602. The van der Waals surface area contributed by atoms with Gasteiger partial charge in [-0.25, -0.2) is 0 Å². The molecule has 0 saturated heterocycles. The van der Waals surface area contributed by atoms with Gasteiger partial charge in [0, 0.05) is 36.4 Å². The molecular weight excluding hydrogens is 330 g/mol. The van der Waals surface area contributed by atoms with E-state index in [-0.39, 0.29) is 5.91 Å². The van der Waals surface area contributed by atoms with Crippen LogP contribution in [0.4, 0.5) is 5.69 Å². The van der Waals surface area contributed by atoms with Crippen molar-refractivity contribution < 1.29 is 4.79 Å². The number of carbonyl (C=O) groups is 1. The van der Waals surface area contributed by atoms with Crippen molar-refractivity contribution in [2.24, 2.45) is 0 Å². The summed E-state index contributed by atoms with van der Waals surface area (Å²) in [5.74, 6) is -0.00163. The summed E-state index contributed by atoms with van der Waals surface area (Å²) < 4.78 is 0.902. The molecule has 2 N–H and O–H groups in total. The second-order valence-electron chi connectivity index (χ2n) is 4.82. The van der Waals surface area contributed by atoms with Gasteiger partial charge in [-0.2, -0.15) is 0 Å². The Morgan fingerprint density at radius 2 is 2.19 bits per heavy atom. The third-order valence-corrected chi connectivity index (χ3v) is 3.64. The van der Waals surface area contributed by atoms with Gasteiger partial charge in [0.25, 0.3) is 0 Å². The zero-order chi connectivity index (χ0) is 15.1. The highest BCUT2D eigenvalue weighted by Crippen LogP contribution is 2.23. The summed E-state index contributed by atoms with van der Waals surface area (Å²) in [5.41, 5.74) is 3.06. The second-order valence-corrected chi connectivity index (χ2v) is 5.67. The topological polar surface area (TPSA) is 54.0 Å². The Labute approximate surface area is 133 Å². The number of rotatable bonds is 6. The molecule has 0 saturated carbocycles. The summed E-state index contributed by atoms with van der Waals surface area (Å²) in [6.07, 6.45) is 3.99. The number of aryl methyl sites for hydroxylation is 1. The molecule has 5 heteroatoms. The fourth-order valence-corrected chi connectivity index (χ4v) is 2.46. The van der Waals surface area contributed by atoms with Gasteiger partial charge < -0.3 is 10.6 Å². The SMILES string of the molecule is Cc1ccc(NC(=O)CCNCc2cccnc2)c(Br)c1. The molecule has 0 fully saturated rings. The van der Waals surface area contributed by atoms with Crippen molar-refractivity contribution in [1.29, 1.82) is 0 Å². The Morgan fingerprint density at radius 1 is 1.33 bits per heavy atom. The predicted molar refractivity (Wildman–Crippen MR) is 88.1 cm³/mol. The molecule has 0 bridgehead atoms. The number of aromatic nitrogens is 1. The minimum Gasteiger partial charge on any atom is -0.325 e. The highest BCUT2D eigenvalue weighted by atomic mass is 79.9. The molecule has 2 aromatic rings. The number of halogens is 1. The van der Waals surface area contributed by atoms with E-state index in [0.717, 1.165) is 27.8 Å². The van der Waals surface area contributed by atoms with Crippen molar-refractivity contribution >= 4 is 27.5 Å². The van der Waals surface area contributed by atoms with Crippen LogP contribution in [0.15, 0.2) is 47.2 Å². The van der Waals surface area contributed by atoms with Gasteiger partial charge in [-0.05, 0) is 52.2 Å². The second kappa shape index (κ2) is 7.90. The fraction of sp³-hybridized carbons (Fsp3) is 0.250. The van der Waals surface area contributed by atoms with Gasteiger partial charge in [-0.3, -0.25) is 9.78 Å². The first-order chi connectivity index (χ1) is 10.1. The Balaban J connectivity index is 1.72. The van der Waals surface area contributed by atoms with E-state index >= 15 is 0 Å². The predicted octanol–water partition coefficient (Wildman–Crippen LogP) is 3.27. The number of carbonyl (C=O) groups excluding carboxylic acids is 1. The van der Waals surface area contributed by atoms with Crippen LogP contribution >= 0.6 is 15.9 Å². The molecule has 21 heavy (non-hydrogen) atoms. The first-order valence-electron chi connectivity index (χ1n) is 6.81. The third kappa shape index (κ3) is 5.28. The Kier molecular flexibility index (Phi) is 5.90. The smallest absolute Gasteiger partial charge is 0.225 e. The van der Waals surface area contributed by atoms with E-state index in [1.165, 1.54) is 0 Å². The molecule has 0 aliphatic heterocycles. The molecule has 1 aromatic carbocycles. The van der Waals surface area contributed by atoms with Crippen molar-refractivity contribution in [3.05, 3.63) is 58.3 Å². The number of nitrogens with one attached hydrogen (secondary N) is 2. The number of hydrogen-bond donors (Lipinski definition) is 2. The number of benzene rings is 1. The lowest BCUT2D eigenvalue weighted by Crippen LogP contribution is -2.21. The quantitative estimate of drug-likeness (QED) is 0.788. The molecule has 0 radical (unpaired) electrons. The molecule has 0 aliphatic rings. The van der Waals surface area contributed by atoms with Gasteiger partial charge in [0.2, 0.25) is 5.91 Å². The van der Waals surface area contributed by atoms with E-state index in [9.17, 15) is 4.79 Å². The average Bonchev–Trinajstić information content (AvgIpc) is 2.48. The minimum absolute atomic E-state index is 0.00163. The molecule has 4 nitrogen and oxygen atoms in total. The maximum absolute atomic E-state index is 11.9. The Morgan fingerprint density at radius 3 is 2.90 bits per heavy atom. The van der Waals surface area contributed by atoms with E-state index in [2.05, 4.69) is 31.5 Å². The monoisotopic (exact) mass is 347 g/mol. The highest BCUT2D eigenvalue weighted by Gasteiger charge is 2.05. The molecule has 0 unspecified atom stereocenters. The van der Waals surface area contributed by atoms with Crippen LogP contribution in [0.1, 0.15) is 17.5 Å². The molecule has 0 aliphatic carbocycles. The highest BCUT2D eigenvalue weighted by molar-refractivity contribution is 9.10. The number of anilines is 1. The first kappa shape index (κ1) is 15.7. The van der Waals surface area contributed by atoms with Crippen LogP contribution in [0, 0.1) is 6.92 Å². The summed E-state index contributed by atoms with van der Waals surface area (Å²) >= 11 is 3.45. The van der Waals surface area contributed by atoms with Crippen molar-refractivity contribution in [3.8, 4) is 0 Å². The number of nitrogens with zero attached hydrogens (tertiary/aromatic N) is 1. The van der Waals surface area contributed by atoms with Crippen LogP contribution < -0.4 is 10.6 Å². The minimum atomic E-state index is -0.00163. The average molecular weight is 348 g/mol. The standard InChI is InChI=1S/C16H18BrN3O/c1-12-4-5-15(14(17)9-12)20-16(21)6-8-19-11-13-3-2-7-18-10-13/h2-5,7,9-10,19H,6,8,11H2,1H3,(H,20,21). The van der Waals surface area contributed by atoms with Crippen LogP contribution in [0.3, 0.4) is 0 Å².